The van der Waals surface area contributed by atoms with Crippen molar-refractivity contribution < 1.29 is 4.79 Å². The molecule has 0 radical (unpaired) electrons. The van der Waals surface area contributed by atoms with Crippen LogP contribution >= 0.6 is 0 Å². The molecule has 3 aliphatic rings. The number of hydrogen-bond acceptors (Lipinski definition) is 3. The number of imidazole rings is 1. The van der Waals surface area contributed by atoms with Crippen molar-refractivity contribution in [2.45, 2.75) is 51.0 Å². The van der Waals surface area contributed by atoms with Gasteiger partial charge in [-0.05, 0) is 44.6 Å². The molecule has 23 heavy (non-hydrogen) atoms. The first kappa shape index (κ1) is 15.2. The minimum absolute atomic E-state index is 0.346. The van der Waals surface area contributed by atoms with E-state index in [2.05, 4.69) is 20.6 Å². The minimum atomic E-state index is 0.346. The minimum Gasteiger partial charge on any atom is -0.341 e. The molecular weight excluding hydrogens is 288 g/mol. The molecule has 1 amide bonds. The van der Waals surface area contributed by atoms with Gasteiger partial charge >= 0.3 is 0 Å². The zero-order valence-electron chi connectivity index (χ0n) is 14.0. The Balaban J connectivity index is 1.33. The van der Waals surface area contributed by atoms with Gasteiger partial charge in [0.25, 0.3) is 0 Å². The van der Waals surface area contributed by atoms with Crippen LogP contribution in [-0.4, -0.2) is 58.0 Å². The monoisotopic (exact) mass is 316 g/mol. The van der Waals surface area contributed by atoms with Crippen LogP contribution in [0.3, 0.4) is 0 Å². The number of piperidine rings is 1. The molecule has 5 nitrogen and oxygen atoms in total. The van der Waals surface area contributed by atoms with Gasteiger partial charge in [0, 0.05) is 57.5 Å². The smallest absolute Gasteiger partial charge is 0.222 e. The number of carbonyl (C=O) groups excluding carboxylic acids is 1. The lowest BCUT2D eigenvalue weighted by atomic mass is 9.97. The zero-order chi connectivity index (χ0) is 15.6. The van der Waals surface area contributed by atoms with Crippen LogP contribution in [0.25, 0.3) is 0 Å². The van der Waals surface area contributed by atoms with Crippen LogP contribution in [0.2, 0.25) is 0 Å². The molecule has 0 aromatic carbocycles. The molecule has 0 unspecified atom stereocenters. The van der Waals surface area contributed by atoms with Crippen LogP contribution in [0, 0.1) is 5.92 Å². The van der Waals surface area contributed by atoms with Gasteiger partial charge in [-0.25, -0.2) is 4.98 Å². The van der Waals surface area contributed by atoms with E-state index in [9.17, 15) is 4.79 Å². The zero-order valence-corrected chi connectivity index (χ0v) is 14.0. The van der Waals surface area contributed by atoms with Gasteiger partial charge < -0.3 is 14.4 Å². The van der Waals surface area contributed by atoms with E-state index < -0.39 is 0 Å². The number of amides is 1. The Hall–Kier alpha value is -1.36. The Bertz CT molecular complexity index is 551. The SMILES string of the molecule is O=C1CCCN1CCN1CCC[C@@H](c2nccn2CC2CC2)C1. The largest absolute Gasteiger partial charge is 0.341 e. The highest BCUT2D eigenvalue weighted by atomic mass is 16.2. The van der Waals surface area contributed by atoms with E-state index in [0.717, 1.165) is 51.5 Å². The van der Waals surface area contributed by atoms with Gasteiger partial charge in [0.2, 0.25) is 5.91 Å². The third kappa shape index (κ3) is 3.60. The number of likely N-dealkylation sites (tertiary alicyclic amines) is 2. The molecule has 1 aliphatic carbocycles. The Morgan fingerprint density at radius 1 is 1.13 bits per heavy atom. The molecule has 5 heteroatoms. The van der Waals surface area contributed by atoms with E-state index in [4.69, 9.17) is 0 Å². The van der Waals surface area contributed by atoms with Crippen LogP contribution in [0.5, 0.6) is 0 Å². The van der Waals surface area contributed by atoms with Gasteiger partial charge in [-0.3, -0.25) is 4.79 Å². The molecule has 3 fully saturated rings. The van der Waals surface area contributed by atoms with Crippen LogP contribution < -0.4 is 0 Å². The molecular formula is C18H28N4O. The Morgan fingerprint density at radius 3 is 2.83 bits per heavy atom. The van der Waals surface area contributed by atoms with Crippen LogP contribution in [0.4, 0.5) is 0 Å². The molecule has 0 N–H and O–H groups in total. The fraction of sp³-hybridized carbons (Fsp3) is 0.778. The first-order valence-electron chi connectivity index (χ1n) is 9.31. The average molecular weight is 316 g/mol. The van der Waals surface area contributed by atoms with Gasteiger partial charge in [0.1, 0.15) is 5.82 Å². The summed E-state index contributed by atoms with van der Waals surface area (Å²) in [5.74, 6) is 3.09. The van der Waals surface area contributed by atoms with Crippen LogP contribution in [-0.2, 0) is 11.3 Å². The second kappa shape index (κ2) is 6.63. The standard InChI is InChI=1S/C18H28N4O/c23-17-4-2-9-21(17)12-11-20-8-1-3-16(14-20)18-19-7-10-22(18)13-15-5-6-15/h7,10,15-16H,1-6,8-9,11-14H2/t16-/m1/s1. The van der Waals surface area contributed by atoms with E-state index in [1.165, 1.54) is 38.1 Å². The van der Waals surface area contributed by atoms with Crippen molar-refractivity contribution in [1.82, 2.24) is 19.4 Å². The molecule has 4 rings (SSSR count). The quantitative estimate of drug-likeness (QED) is 0.807. The third-order valence-corrected chi connectivity index (χ3v) is 5.63. The van der Waals surface area contributed by atoms with Gasteiger partial charge in [-0.15, -0.1) is 0 Å². The van der Waals surface area contributed by atoms with Gasteiger partial charge in [0.05, 0.1) is 0 Å². The summed E-state index contributed by atoms with van der Waals surface area (Å²) in [6, 6.07) is 0. The lowest BCUT2D eigenvalue weighted by Crippen LogP contribution is -2.41. The summed E-state index contributed by atoms with van der Waals surface area (Å²) in [5.41, 5.74) is 0. The van der Waals surface area contributed by atoms with Crippen molar-refractivity contribution in [3.63, 3.8) is 0 Å². The molecule has 1 aromatic heterocycles. The molecule has 3 heterocycles. The molecule has 2 aliphatic heterocycles. The van der Waals surface area contributed by atoms with E-state index in [0.29, 0.717) is 11.8 Å². The second-order valence-corrected chi connectivity index (χ2v) is 7.51. The fourth-order valence-corrected chi connectivity index (χ4v) is 4.09. The van der Waals surface area contributed by atoms with Crippen LogP contribution in [0.15, 0.2) is 12.4 Å². The van der Waals surface area contributed by atoms with Crippen LogP contribution in [0.1, 0.15) is 50.3 Å². The van der Waals surface area contributed by atoms with E-state index in [1.54, 1.807) is 0 Å². The maximum Gasteiger partial charge on any atom is 0.222 e. The lowest BCUT2D eigenvalue weighted by Gasteiger charge is -2.33. The number of carbonyl (C=O) groups is 1. The van der Waals surface area contributed by atoms with Crippen molar-refractivity contribution in [3.05, 3.63) is 18.2 Å². The van der Waals surface area contributed by atoms with Crippen molar-refractivity contribution >= 4 is 5.91 Å². The lowest BCUT2D eigenvalue weighted by molar-refractivity contribution is -0.127. The summed E-state index contributed by atoms with van der Waals surface area (Å²) < 4.78 is 2.40. The molecule has 1 saturated carbocycles. The summed E-state index contributed by atoms with van der Waals surface area (Å²) in [5, 5.41) is 0. The first-order chi connectivity index (χ1) is 11.3. The summed E-state index contributed by atoms with van der Waals surface area (Å²) >= 11 is 0. The maximum atomic E-state index is 11.7. The summed E-state index contributed by atoms with van der Waals surface area (Å²) in [6.45, 7) is 6.31. The molecule has 2 saturated heterocycles. The number of hydrogen-bond donors (Lipinski definition) is 0. The van der Waals surface area contributed by atoms with E-state index >= 15 is 0 Å². The molecule has 1 atom stereocenters. The van der Waals surface area contributed by atoms with Crippen molar-refractivity contribution in [2.75, 3.05) is 32.7 Å². The first-order valence-corrected chi connectivity index (χ1v) is 9.31. The highest BCUT2D eigenvalue weighted by Crippen LogP contribution is 2.33. The maximum absolute atomic E-state index is 11.7. The van der Waals surface area contributed by atoms with E-state index in [1.807, 2.05) is 11.1 Å². The predicted octanol–water partition coefficient (Wildman–Crippen LogP) is 2.09. The Kier molecular flexibility index (Phi) is 4.38. The molecule has 0 bridgehead atoms. The molecule has 126 valence electrons. The topological polar surface area (TPSA) is 41.4 Å². The Morgan fingerprint density at radius 2 is 2.04 bits per heavy atom. The van der Waals surface area contributed by atoms with Gasteiger partial charge in [-0.2, -0.15) is 0 Å². The highest BCUT2D eigenvalue weighted by molar-refractivity contribution is 5.78. The number of aromatic nitrogens is 2. The van der Waals surface area contributed by atoms with Crippen molar-refractivity contribution in [2.24, 2.45) is 5.92 Å². The third-order valence-electron chi connectivity index (χ3n) is 5.63. The summed E-state index contributed by atoms with van der Waals surface area (Å²) in [4.78, 5) is 21.0. The van der Waals surface area contributed by atoms with Gasteiger partial charge in [0.15, 0.2) is 0 Å². The van der Waals surface area contributed by atoms with Gasteiger partial charge in [-0.1, -0.05) is 0 Å². The fourth-order valence-electron chi connectivity index (χ4n) is 4.09. The summed E-state index contributed by atoms with van der Waals surface area (Å²) in [7, 11) is 0. The Labute approximate surface area is 138 Å². The average Bonchev–Trinajstić information content (AvgIpc) is 3.09. The number of nitrogens with zero attached hydrogens (tertiary/aromatic N) is 4. The van der Waals surface area contributed by atoms with Crippen molar-refractivity contribution in [1.29, 1.82) is 0 Å². The molecule has 0 spiro atoms. The van der Waals surface area contributed by atoms with E-state index in [-0.39, 0.29) is 0 Å². The molecule has 1 aromatic rings. The normalized spacial score (nSPS) is 26.2. The highest BCUT2D eigenvalue weighted by Gasteiger charge is 2.28. The predicted molar refractivity (Wildman–Crippen MR) is 89.2 cm³/mol. The number of rotatable bonds is 6. The van der Waals surface area contributed by atoms with Crippen molar-refractivity contribution in [3.8, 4) is 0 Å². The second-order valence-electron chi connectivity index (χ2n) is 7.51. The summed E-state index contributed by atoms with van der Waals surface area (Å²) in [6.07, 6.45) is 11.2.